The van der Waals surface area contributed by atoms with Crippen molar-refractivity contribution in [3.63, 3.8) is 0 Å². The average molecular weight is 399 g/mol. The minimum atomic E-state index is 0. The standard InChI is InChI=1S/C22H26N4O.ClH/c23-14-16-25(15-13-19-7-3-1-4-8-19)22(27)12-11-20-17-24-26(18-20)21-9-5-2-6-10-21;/h1-10,17-18H,11-16,23H2;1H. The van der Waals surface area contributed by atoms with Crippen molar-refractivity contribution in [2.24, 2.45) is 5.73 Å². The van der Waals surface area contributed by atoms with Crippen LogP contribution in [0, 0.1) is 0 Å². The molecule has 0 spiro atoms. The first kappa shape index (κ1) is 21.7. The summed E-state index contributed by atoms with van der Waals surface area (Å²) < 4.78 is 1.84. The summed E-state index contributed by atoms with van der Waals surface area (Å²) in [5.41, 5.74) is 9.01. The molecule has 0 aliphatic carbocycles. The zero-order valence-corrected chi connectivity index (χ0v) is 16.7. The number of aryl methyl sites for hydroxylation is 1. The maximum atomic E-state index is 12.6. The first-order valence-corrected chi connectivity index (χ1v) is 9.37. The summed E-state index contributed by atoms with van der Waals surface area (Å²) in [4.78, 5) is 14.5. The molecule has 148 valence electrons. The molecule has 0 bridgehead atoms. The van der Waals surface area contributed by atoms with Gasteiger partial charge in [0.2, 0.25) is 5.91 Å². The van der Waals surface area contributed by atoms with Gasteiger partial charge in [0.05, 0.1) is 11.9 Å². The van der Waals surface area contributed by atoms with E-state index in [0.29, 0.717) is 32.5 Å². The van der Waals surface area contributed by atoms with Crippen molar-refractivity contribution in [3.05, 3.63) is 84.2 Å². The van der Waals surface area contributed by atoms with Crippen LogP contribution in [0.3, 0.4) is 0 Å². The minimum absolute atomic E-state index is 0. The summed E-state index contributed by atoms with van der Waals surface area (Å²) in [7, 11) is 0. The Morgan fingerprint density at radius 3 is 2.29 bits per heavy atom. The number of hydrogen-bond donors (Lipinski definition) is 1. The summed E-state index contributed by atoms with van der Waals surface area (Å²) >= 11 is 0. The molecule has 0 radical (unpaired) electrons. The maximum absolute atomic E-state index is 12.6. The Morgan fingerprint density at radius 1 is 0.929 bits per heavy atom. The fourth-order valence-electron chi connectivity index (χ4n) is 3.05. The number of halogens is 1. The molecule has 5 nitrogen and oxygen atoms in total. The second kappa shape index (κ2) is 11.3. The van der Waals surface area contributed by atoms with E-state index in [1.165, 1.54) is 5.56 Å². The quantitative estimate of drug-likeness (QED) is 0.601. The van der Waals surface area contributed by atoms with Crippen LogP contribution >= 0.6 is 12.4 Å². The van der Waals surface area contributed by atoms with Crippen LogP contribution in [0.5, 0.6) is 0 Å². The number of carbonyl (C=O) groups excluding carboxylic acids is 1. The summed E-state index contributed by atoms with van der Waals surface area (Å²) in [5, 5.41) is 4.39. The minimum Gasteiger partial charge on any atom is -0.341 e. The van der Waals surface area contributed by atoms with E-state index >= 15 is 0 Å². The van der Waals surface area contributed by atoms with Gasteiger partial charge in [0.25, 0.3) is 0 Å². The topological polar surface area (TPSA) is 64.2 Å². The highest BCUT2D eigenvalue weighted by Gasteiger charge is 2.13. The smallest absolute Gasteiger partial charge is 0.222 e. The highest BCUT2D eigenvalue weighted by Crippen LogP contribution is 2.10. The van der Waals surface area contributed by atoms with Gasteiger partial charge >= 0.3 is 0 Å². The Bertz CT molecular complexity index is 836. The van der Waals surface area contributed by atoms with Gasteiger partial charge in [0.15, 0.2) is 0 Å². The molecule has 2 N–H and O–H groups in total. The number of benzene rings is 2. The molecule has 0 saturated heterocycles. The summed E-state index contributed by atoms with van der Waals surface area (Å²) in [5.74, 6) is 0.142. The van der Waals surface area contributed by atoms with Crippen LogP contribution in [0.15, 0.2) is 73.1 Å². The molecule has 0 aliphatic heterocycles. The van der Waals surface area contributed by atoms with E-state index in [2.05, 4.69) is 17.2 Å². The normalized spacial score (nSPS) is 10.3. The molecular weight excluding hydrogens is 372 g/mol. The van der Waals surface area contributed by atoms with Crippen molar-refractivity contribution in [1.29, 1.82) is 0 Å². The third kappa shape index (κ3) is 6.22. The molecule has 0 atom stereocenters. The third-order valence-corrected chi connectivity index (χ3v) is 4.55. The van der Waals surface area contributed by atoms with Crippen molar-refractivity contribution >= 4 is 18.3 Å². The molecule has 0 saturated carbocycles. The van der Waals surface area contributed by atoms with Crippen molar-refractivity contribution in [2.45, 2.75) is 19.3 Å². The lowest BCUT2D eigenvalue weighted by Crippen LogP contribution is -2.37. The van der Waals surface area contributed by atoms with Gasteiger partial charge < -0.3 is 10.6 Å². The lowest BCUT2D eigenvalue weighted by atomic mass is 10.1. The van der Waals surface area contributed by atoms with Crippen LogP contribution in [-0.4, -0.2) is 40.2 Å². The van der Waals surface area contributed by atoms with E-state index in [1.54, 1.807) is 0 Å². The van der Waals surface area contributed by atoms with Crippen LogP contribution in [0.4, 0.5) is 0 Å². The number of nitrogens with two attached hydrogens (primary N) is 1. The zero-order chi connectivity index (χ0) is 18.9. The molecule has 1 heterocycles. The second-order valence-corrected chi connectivity index (χ2v) is 6.53. The number of aromatic nitrogens is 2. The summed E-state index contributed by atoms with van der Waals surface area (Å²) in [6.45, 7) is 1.77. The molecule has 28 heavy (non-hydrogen) atoms. The van der Waals surface area contributed by atoms with E-state index in [1.807, 2.05) is 70.5 Å². The summed E-state index contributed by atoms with van der Waals surface area (Å²) in [6.07, 6.45) is 5.81. The van der Waals surface area contributed by atoms with Crippen LogP contribution in [0.25, 0.3) is 5.69 Å². The monoisotopic (exact) mass is 398 g/mol. The molecule has 3 aromatic rings. The lowest BCUT2D eigenvalue weighted by Gasteiger charge is -2.22. The van der Waals surface area contributed by atoms with Crippen molar-refractivity contribution in [3.8, 4) is 5.69 Å². The predicted molar refractivity (Wildman–Crippen MR) is 115 cm³/mol. The number of rotatable bonds is 9. The van der Waals surface area contributed by atoms with Gasteiger partial charge in [-0.3, -0.25) is 4.79 Å². The molecule has 1 aromatic heterocycles. The van der Waals surface area contributed by atoms with Crippen LogP contribution in [0.1, 0.15) is 17.5 Å². The second-order valence-electron chi connectivity index (χ2n) is 6.53. The van der Waals surface area contributed by atoms with Gasteiger partial charge in [0.1, 0.15) is 0 Å². The van der Waals surface area contributed by atoms with Gasteiger partial charge in [-0.05, 0) is 36.1 Å². The number of hydrogen-bond acceptors (Lipinski definition) is 3. The van der Waals surface area contributed by atoms with Crippen molar-refractivity contribution in [1.82, 2.24) is 14.7 Å². The van der Waals surface area contributed by atoms with Gasteiger partial charge in [-0.1, -0.05) is 48.5 Å². The Kier molecular flexibility index (Phi) is 8.72. The average Bonchev–Trinajstić information content (AvgIpc) is 3.20. The van der Waals surface area contributed by atoms with Crippen LogP contribution < -0.4 is 5.73 Å². The van der Waals surface area contributed by atoms with E-state index in [-0.39, 0.29) is 18.3 Å². The van der Waals surface area contributed by atoms with Gasteiger partial charge in [-0.15, -0.1) is 12.4 Å². The van der Waals surface area contributed by atoms with Gasteiger partial charge in [0, 0.05) is 32.3 Å². The van der Waals surface area contributed by atoms with Crippen LogP contribution in [-0.2, 0) is 17.6 Å². The fraction of sp³-hybridized carbons (Fsp3) is 0.273. The Balaban J connectivity index is 0.00000280. The first-order chi connectivity index (χ1) is 13.3. The number of nitrogens with zero attached hydrogens (tertiary/aromatic N) is 3. The Labute approximate surface area is 172 Å². The third-order valence-electron chi connectivity index (χ3n) is 4.55. The zero-order valence-electron chi connectivity index (χ0n) is 15.9. The first-order valence-electron chi connectivity index (χ1n) is 9.37. The highest BCUT2D eigenvalue weighted by molar-refractivity contribution is 5.85. The molecular formula is C22H27ClN4O. The molecule has 0 fully saturated rings. The molecule has 3 rings (SSSR count). The molecule has 0 aliphatic rings. The predicted octanol–water partition coefficient (Wildman–Crippen LogP) is 3.26. The van der Waals surface area contributed by atoms with Crippen molar-refractivity contribution in [2.75, 3.05) is 19.6 Å². The van der Waals surface area contributed by atoms with E-state index < -0.39 is 0 Å². The fourth-order valence-corrected chi connectivity index (χ4v) is 3.05. The van der Waals surface area contributed by atoms with Gasteiger partial charge in [-0.2, -0.15) is 5.10 Å². The molecule has 6 heteroatoms. The lowest BCUT2D eigenvalue weighted by molar-refractivity contribution is -0.131. The highest BCUT2D eigenvalue weighted by atomic mass is 35.5. The number of para-hydroxylation sites is 1. The van der Waals surface area contributed by atoms with E-state index in [0.717, 1.165) is 17.7 Å². The number of amides is 1. The van der Waals surface area contributed by atoms with Crippen LogP contribution in [0.2, 0.25) is 0 Å². The maximum Gasteiger partial charge on any atom is 0.222 e. The Morgan fingerprint density at radius 2 is 1.61 bits per heavy atom. The molecule has 2 aromatic carbocycles. The largest absolute Gasteiger partial charge is 0.341 e. The number of carbonyl (C=O) groups is 1. The van der Waals surface area contributed by atoms with E-state index in [9.17, 15) is 4.79 Å². The SMILES string of the molecule is Cl.NCCN(CCc1ccccc1)C(=O)CCc1cnn(-c2ccccc2)c1. The summed E-state index contributed by atoms with van der Waals surface area (Å²) in [6, 6.07) is 20.2. The molecule has 0 unspecified atom stereocenters. The van der Waals surface area contributed by atoms with Gasteiger partial charge in [-0.25, -0.2) is 4.68 Å². The Hall–Kier alpha value is -2.63. The molecule has 1 amide bonds. The van der Waals surface area contributed by atoms with Crippen molar-refractivity contribution < 1.29 is 4.79 Å². The van der Waals surface area contributed by atoms with E-state index in [4.69, 9.17) is 5.73 Å².